The molecule has 0 aromatic carbocycles. The maximum atomic E-state index is 12.2. The highest BCUT2D eigenvalue weighted by molar-refractivity contribution is 7.99. The van der Waals surface area contributed by atoms with Crippen molar-refractivity contribution in [2.24, 2.45) is 5.92 Å². The first-order valence-electron chi connectivity index (χ1n) is 7.81. The smallest absolute Gasteiger partial charge is 0.232 e. The SMILES string of the molecule is O=C(CSCc1ccccn1)N1CCC(C2OCCO2)CC1. The van der Waals surface area contributed by atoms with E-state index in [1.165, 1.54) is 0 Å². The lowest BCUT2D eigenvalue weighted by Crippen LogP contribution is -2.42. The Balaban J connectivity index is 1.36. The van der Waals surface area contributed by atoms with Crippen LogP contribution in [0.15, 0.2) is 24.4 Å². The molecule has 6 heteroatoms. The van der Waals surface area contributed by atoms with Crippen molar-refractivity contribution in [3.8, 4) is 0 Å². The van der Waals surface area contributed by atoms with E-state index in [1.807, 2.05) is 23.1 Å². The summed E-state index contributed by atoms with van der Waals surface area (Å²) >= 11 is 1.63. The number of nitrogens with zero attached hydrogens (tertiary/aromatic N) is 2. The molecule has 0 unspecified atom stereocenters. The predicted octanol–water partition coefficient (Wildman–Crippen LogP) is 1.93. The van der Waals surface area contributed by atoms with Gasteiger partial charge in [0.2, 0.25) is 5.91 Å². The van der Waals surface area contributed by atoms with E-state index in [0.717, 1.165) is 37.4 Å². The van der Waals surface area contributed by atoms with Crippen molar-refractivity contribution in [3.05, 3.63) is 30.1 Å². The van der Waals surface area contributed by atoms with E-state index in [0.29, 0.717) is 24.9 Å². The van der Waals surface area contributed by atoms with Crippen LogP contribution in [-0.4, -0.2) is 54.1 Å². The van der Waals surface area contributed by atoms with Gasteiger partial charge < -0.3 is 14.4 Å². The number of carbonyl (C=O) groups is 1. The van der Waals surface area contributed by atoms with Gasteiger partial charge in [-0.05, 0) is 25.0 Å². The van der Waals surface area contributed by atoms with Gasteiger partial charge in [0.05, 0.1) is 24.7 Å². The lowest BCUT2D eigenvalue weighted by molar-refractivity contribution is -0.134. The van der Waals surface area contributed by atoms with Crippen LogP contribution in [0.4, 0.5) is 0 Å². The Bertz CT molecular complexity index is 472. The van der Waals surface area contributed by atoms with E-state index in [9.17, 15) is 4.79 Å². The summed E-state index contributed by atoms with van der Waals surface area (Å²) < 4.78 is 11.1. The minimum atomic E-state index is -0.0456. The van der Waals surface area contributed by atoms with E-state index in [-0.39, 0.29) is 12.2 Å². The molecule has 1 aromatic rings. The molecular formula is C16H22N2O3S. The molecule has 1 aromatic heterocycles. The summed E-state index contributed by atoms with van der Waals surface area (Å²) in [6.45, 7) is 3.04. The number of amides is 1. The molecule has 22 heavy (non-hydrogen) atoms. The Morgan fingerprint density at radius 1 is 1.27 bits per heavy atom. The topological polar surface area (TPSA) is 51.7 Å². The third kappa shape index (κ3) is 4.21. The van der Waals surface area contributed by atoms with E-state index in [4.69, 9.17) is 9.47 Å². The maximum Gasteiger partial charge on any atom is 0.232 e. The molecule has 120 valence electrons. The molecule has 0 spiro atoms. The van der Waals surface area contributed by atoms with Gasteiger partial charge in [0.15, 0.2) is 6.29 Å². The highest BCUT2D eigenvalue weighted by Crippen LogP contribution is 2.26. The van der Waals surface area contributed by atoms with E-state index in [2.05, 4.69) is 4.98 Å². The van der Waals surface area contributed by atoms with E-state index in [1.54, 1.807) is 18.0 Å². The zero-order valence-electron chi connectivity index (χ0n) is 12.6. The molecule has 0 saturated carbocycles. The number of pyridine rings is 1. The van der Waals surface area contributed by atoms with Crippen LogP contribution < -0.4 is 0 Å². The zero-order chi connectivity index (χ0) is 15.2. The molecule has 5 nitrogen and oxygen atoms in total. The second kappa shape index (κ2) is 7.94. The summed E-state index contributed by atoms with van der Waals surface area (Å²) in [7, 11) is 0. The molecule has 2 aliphatic rings. The molecule has 2 saturated heterocycles. The second-order valence-electron chi connectivity index (χ2n) is 5.64. The van der Waals surface area contributed by atoms with Crippen LogP contribution >= 0.6 is 11.8 Å². The summed E-state index contributed by atoms with van der Waals surface area (Å²) in [5, 5.41) is 0. The van der Waals surface area contributed by atoms with Crippen LogP contribution in [0.25, 0.3) is 0 Å². The summed E-state index contributed by atoms with van der Waals surface area (Å²) in [6.07, 6.45) is 3.69. The average Bonchev–Trinajstić information content (AvgIpc) is 3.10. The number of rotatable bonds is 5. The fraction of sp³-hybridized carbons (Fsp3) is 0.625. The molecular weight excluding hydrogens is 300 g/mol. The molecule has 1 amide bonds. The molecule has 2 fully saturated rings. The van der Waals surface area contributed by atoms with Crippen molar-refractivity contribution in [1.29, 1.82) is 0 Å². The van der Waals surface area contributed by atoms with Gasteiger partial charge in [-0.15, -0.1) is 11.8 Å². The van der Waals surface area contributed by atoms with Crippen LogP contribution in [0.2, 0.25) is 0 Å². The van der Waals surface area contributed by atoms with Crippen LogP contribution in [0.1, 0.15) is 18.5 Å². The van der Waals surface area contributed by atoms with Gasteiger partial charge in [-0.1, -0.05) is 6.07 Å². The number of hydrogen-bond donors (Lipinski definition) is 0. The Morgan fingerprint density at radius 2 is 2.05 bits per heavy atom. The Hall–Kier alpha value is -1.11. The van der Waals surface area contributed by atoms with Gasteiger partial charge in [0.25, 0.3) is 0 Å². The predicted molar refractivity (Wildman–Crippen MR) is 85.4 cm³/mol. The third-order valence-electron chi connectivity index (χ3n) is 4.13. The Kier molecular flexibility index (Phi) is 5.70. The van der Waals surface area contributed by atoms with Gasteiger partial charge in [0.1, 0.15) is 0 Å². The van der Waals surface area contributed by atoms with Gasteiger partial charge in [-0.2, -0.15) is 0 Å². The van der Waals surface area contributed by atoms with Crippen molar-refractivity contribution in [1.82, 2.24) is 9.88 Å². The van der Waals surface area contributed by atoms with Gasteiger partial charge in [-0.3, -0.25) is 9.78 Å². The fourth-order valence-electron chi connectivity index (χ4n) is 2.89. The number of carbonyl (C=O) groups excluding carboxylic acids is 1. The van der Waals surface area contributed by atoms with Gasteiger partial charge >= 0.3 is 0 Å². The number of aromatic nitrogens is 1. The summed E-state index contributed by atoms with van der Waals surface area (Å²) in [4.78, 5) is 18.5. The Morgan fingerprint density at radius 3 is 2.73 bits per heavy atom. The molecule has 0 radical (unpaired) electrons. The average molecular weight is 322 g/mol. The number of likely N-dealkylation sites (tertiary alicyclic amines) is 1. The van der Waals surface area contributed by atoms with Crippen molar-refractivity contribution >= 4 is 17.7 Å². The van der Waals surface area contributed by atoms with Crippen LogP contribution in [0.5, 0.6) is 0 Å². The largest absolute Gasteiger partial charge is 0.350 e. The van der Waals surface area contributed by atoms with Crippen LogP contribution in [0.3, 0.4) is 0 Å². The first-order valence-corrected chi connectivity index (χ1v) is 8.97. The molecule has 0 N–H and O–H groups in total. The minimum absolute atomic E-state index is 0.0456. The zero-order valence-corrected chi connectivity index (χ0v) is 13.5. The Labute approximate surface area is 135 Å². The lowest BCUT2D eigenvalue weighted by Gasteiger charge is -2.33. The number of ether oxygens (including phenoxy) is 2. The van der Waals surface area contributed by atoms with Crippen molar-refractivity contribution < 1.29 is 14.3 Å². The third-order valence-corrected chi connectivity index (χ3v) is 5.08. The van der Waals surface area contributed by atoms with Crippen molar-refractivity contribution in [3.63, 3.8) is 0 Å². The molecule has 2 aliphatic heterocycles. The maximum absolute atomic E-state index is 12.2. The van der Waals surface area contributed by atoms with Crippen molar-refractivity contribution in [2.75, 3.05) is 32.1 Å². The highest BCUT2D eigenvalue weighted by atomic mass is 32.2. The summed E-state index contributed by atoms with van der Waals surface area (Å²) in [6, 6.07) is 5.87. The first kappa shape index (κ1) is 15.8. The minimum Gasteiger partial charge on any atom is -0.350 e. The number of piperidine rings is 1. The highest BCUT2D eigenvalue weighted by Gasteiger charge is 2.31. The molecule has 0 aliphatic carbocycles. The summed E-state index contributed by atoms with van der Waals surface area (Å²) in [5.74, 6) is 1.98. The van der Waals surface area contributed by atoms with Gasteiger partial charge in [-0.25, -0.2) is 0 Å². The fourth-order valence-corrected chi connectivity index (χ4v) is 3.73. The molecule has 3 heterocycles. The molecule has 0 bridgehead atoms. The monoisotopic (exact) mass is 322 g/mol. The summed E-state index contributed by atoms with van der Waals surface area (Å²) in [5.41, 5.74) is 1.02. The van der Waals surface area contributed by atoms with Crippen LogP contribution in [0, 0.1) is 5.92 Å². The van der Waals surface area contributed by atoms with Crippen molar-refractivity contribution in [2.45, 2.75) is 24.9 Å². The van der Waals surface area contributed by atoms with E-state index < -0.39 is 0 Å². The number of hydrogen-bond acceptors (Lipinski definition) is 5. The molecule has 0 atom stereocenters. The van der Waals surface area contributed by atoms with Gasteiger partial charge in [0, 0.05) is 31.0 Å². The standard InChI is InChI=1S/C16H22N2O3S/c19-15(12-22-11-14-3-1-2-6-17-14)18-7-4-13(5-8-18)16-20-9-10-21-16/h1-3,6,13,16H,4-5,7-12H2. The lowest BCUT2D eigenvalue weighted by atomic mass is 9.96. The quantitative estimate of drug-likeness (QED) is 0.829. The second-order valence-corrected chi connectivity index (χ2v) is 6.63. The first-order chi connectivity index (χ1) is 10.8. The van der Waals surface area contributed by atoms with Crippen LogP contribution in [-0.2, 0) is 20.0 Å². The normalized spacial score (nSPS) is 20.5. The number of thioether (sulfide) groups is 1. The van der Waals surface area contributed by atoms with E-state index >= 15 is 0 Å². The molecule has 3 rings (SSSR count).